The van der Waals surface area contributed by atoms with Crippen molar-refractivity contribution in [3.8, 4) is 5.75 Å². The highest BCUT2D eigenvalue weighted by molar-refractivity contribution is 9.09. The molecule has 0 amide bonds. The summed E-state index contributed by atoms with van der Waals surface area (Å²) in [6.45, 7) is 0. The van der Waals surface area contributed by atoms with Crippen molar-refractivity contribution in [2.45, 2.75) is 56.3 Å². The first-order valence-corrected chi connectivity index (χ1v) is 13.3. The molecule has 3 rings (SSSR count). The fourth-order valence-corrected chi connectivity index (χ4v) is 5.13. The zero-order valence-corrected chi connectivity index (χ0v) is 19.4. The lowest BCUT2D eigenvalue weighted by molar-refractivity contribution is 0.474. The second-order valence-electron chi connectivity index (χ2n) is 7.80. The smallest absolute Gasteiger partial charge is 0.175 e. The van der Waals surface area contributed by atoms with Gasteiger partial charge in [0.05, 0.1) is 4.90 Å². The Hall–Kier alpha value is -1.59. The van der Waals surface area contributed by atoms with Crippen LogP contribution in [0.25, 0.3) is 11.1 Å². The van der Waals surface area contributed by atoms with E-state index in [9.17, 15) is 13.5 Å². The van der Waals surface area contributed by atoms with E-state index in [4.69, 9.17) is 0 Å². The minimum absolute atomic E-state index is 0.321. The summed E-state index contributed by atoms with van der Waals surface area (Å²) in [5.41, 5.74) is 6.22. The van der Waals surface area contributed by atoms with E-state index in [1.54, 1.807) is 18.2 Å². The number of hydrogen-bond donors (Lipinski definition) is 1. The topological polar surface area (TPSA) is 54.4 Å². The van der Waals surface area contributed by atoms with Crippen molar-refractivity contribution in [2.75, 3.05) is 11.6 Å². The first-order chi connectivity index (χ1) is 13.9. The van der Waals surface area contributed by atoms with E-state index in [0.29, 0.717) is 10.6 Å². The lowest BCUT2D eigenvalue weighted by Gasteiger charge is -2.16. The Kier molecular flexibility index (Phi) is 7.58. The third-order valence-corrected chi connectivity index (χ3v) is 7.28. The minimum Gasteiger partial charge on any atom is -0.508 e. The van der Waals surface area contributed by atoms with Crippen molar-refractivity contribution in [2.24, 2.45) is 0 Å². The van der Waals surface area contributed by atoms with Crippen LogP contribution in [0.15, 0.2) is 47.4 Å². The Bertz CT molecular complexity index is 976. The van der Waals surface area contributed by atoms with Gasteiger partial charge < -0.3 is 5.11 Å². The van der Waals surface area contributed by atoms with Crippen LogP contribution in [-0.2, 0) is 16.3 Å². The van der Waals surface area contributed by atoms with Gasteiger partial charge in [-0.05, 0) is 90.6 Å². The largest absolute Gasteiger partial charge is 0.508 e. The van der Waals surface area contributed by atoms with E-state index in [1.165, 1.54) is 47.8 Å². The van der Waals surface area contributed by atoms with Crippen LogP contribution >= 0.6 is 15.9 Å². The third kappa shape index (κ3) is 5.73. The standard InChI is InChI=1S/C24H29BrO3S/c1-29(27,28)21-13-10-18(11-14-21)22-9-6-7-19-17-20(26)12-15-23(19)24(22)8-4-2-3-5-16-25/h10-15,17,26H,2-9,16H2,1H3. The number of sulfone groups is 1. The van der Waals surface area contributed by atoms with E-state index in [-0.39, 0.29) is 0 Å². The molecule has 0 atom stereocenters. The number of hydrogen-bond acceptors (Lipinski definition) is 3. The van der Waals surface area contributed by atoms with E-state index in [0.717, 1.165) is 43.0 Å². The first-order valence-electron chi connectivity index (χ1n) is 10.3. The number of aryl methyl sites for hydroxylation is 1. The van der Waals surface area contributed by atoms with Gasteiger partial charge in [-0.1, -0.05) is 47.0 Å². The van der Waals surface area contributed by atoms with Crippen molar-refractivity contribution >= 4 is 36.9 Å². The number of phenols is 1. The Balaban J connectivity index is 1.99. The molecule has 1 N–H and O–H groups in total. The van der Waals surface area contributed by atoms with E-state index in [1.807, 2.05) is 18.2 Å². The first kappa shape index (κ1) is 22.1. The molecular formula is C24H29BrO3S. The van der Waals surface area contributed by atoms with Crippen LogP contribution in [0.5, 0.6) is 5.75 Å². The van der Waals surface area contributed by atoms with Gasteiger partial charge in [0.25, 0.3) is 0 Å². The monoisotopic (exact) mass is 476 g/mol. The fraction of sp³-hybridized carbons (Fsp3) is 0.417. The summed E-state index contributed by atoms with van der Waals surface area (Å²) in [6, 6.07) is 13.1. The maximum absolute atomic E-state index is 11.8. The number of allylic oxidation sites excluding steroid dienone is 2. The lowest BCUT2D eigenvalue weighted by atomic mass is 9.89. The molecule has 2 aromatic carbocycles. The highest BCUT2D eigenvalue weighted by Crippen LogP contribution is 2.39. The minimum atomic E-state index is -3.20. The average molecular weight is 477 g/mol. The number of halogens is 1. The highest BCUT2D eigenvalue weighted by atomic mass is 79.9. The number of phenolic OH excluding ortho intramolecular Hbond substituents is 1. The third-order valence-electron chi connectivity index (χ3n) is 5.59. The molecule has 1 aliphatic carbocycles. The summed E-state index contributed by atoms with van der Waals surface area (Å²) in [4.78, 5) is 0.358. The van der Waals surface area contributed by atoms with Crippen LogP contribution in [0.2, 0.25) is 0 Å². The SMILES string of the molecule is CS(=O)(=O)c1ccc(C2=C(CCCCCCBr)c3ccc(O)cc3CCC2)cc1. The normalized spacial score (nSPS) is 14.6. The van der Waals surface area contributed by atoms with E-state index < -0.39 is 9.84 Å². The molecule has 1 aliphatic rings. The van der Waals surface area contributed by atoms with Gasteiger partial charge in [0.15, 0.2) is 9.84 Å². The molecule has 0 unspecified atom stereocenters. The number of benzene rings is 2. The van der Waals surface area contributed by atoms with Gasteiger partial charge in [-0.3, -0.25) is 0 Å². The van der Waals surface area contributed by atoms with Crippen LogP contribution in [0, 0.1) is 0 Å². The molecule has 0 aliphatic heterocycles. The van der Waals surface area contributed by atoms with Crippen molar-refractivity contribution in [1.29, 1.82) is 0 Å². The number of aromatic hydroxyl groups is 1. The van der Waals surface area contributed by atoms with Gasteiger partial charge in [-0.2, -0.15) is 0 Å². The van der Waals surface area contributed by atoms with Crippen molar-refractivity contribution in [3.63, 3.8) is 0 Å². The predicted octanol–water partition coefficient (Wildman–Crippen LogP) is 6.39. The maximum Gasteiger partial charge on any atom is 0.175 e. The zero-order chi connectivity index (χ0) is 20.9. The fourth-order valence-electron chi connectivity index (χ4n) is 4.11. The lowest BCUT2D eigenvalue weighted by Crippen LogP contribution is -1.98. The Morgan fingerprint density at radius 3 is 2.38 bits per heavy atom. The molecule has 0 heterocycles. The van der Waals surface area contributed by atoms with Crippen LogP contribution in [0.1, 0.15) is 61.6 Å². The molecule has 0 radical (unpaired) electrons. The molecule has 0 saturated carbocycles. The number of unbranched alkanes of at least 4 members (excludes halogenated alkanes) is 3. The van der Waals surface area contributed by atoms with E-state index in [2.05, 4.69) is 22.0 Å². The molecule has 0 aromatic heterocycles. The molecule has 5 heteroatoms. The summed E-state index contributed by atoms with van der Waals surface area (Å²) in [5, 5.41) is 11.0. The number of rotatable bonds is 8. The number of fused-ring (bicyclic) bond motifs is 1. The van der Waals surface area contributed by atoms with Crippen molar-refractivity contribution in [1.82, 2.24) is 0 Å². The molecule has 0 spiro atoms. The van der Waals surface area contributed by atoms with Gasteiger partial charge in [-0.15, -0.1) is 0 Å². The highest BCUT2D eigenvalue weighted by Gasteiger charge is 2.19. The predicted molar refractivity (Wildman–Crippen MR) is 124 cm³/mol. The second kappa shape index (κ2) is 9.94. The summed E-state index contributed by atoms with van der Waals surface area (Å²) >= 11 is 3.50. The van der Waals surface area contributed by atoms with Crippen molar-refractivity contribution < 1.29 is 13.5 Å². The molecular weight excluding hydrogens is 448 g/mol. The Labute approximate surface area is 182 Å². The molecule has 2 aromatic rings. The summed E-state index contributed by atoms with van der Waals surface area (Å²) < 4.78 is 23.6. The summed E-state index contributed by atoms with van der Waals surface area (Å²) in [5.74, 6) is 0.321. The molecule has 0 bridgehead atoms. The zero-order valence-electron chi connectivity index (χ0n) is 17.0. The Morgan fingerprint density at radius 2 is 1.69 bits per heavy atom. The number of alkyl halides is 1. The molecule has 0 fully saturated rings. The second-order valence-corrected chi connectivity index (χ2v) is 10.6. The summed E-state index contributed by atoms with van der Waals surface area (Å²) in [6.07, 6.45) is 9.93. The van der Waals surface area contributed by atoms with Gasteiger partial charge in [0.1, 0.15) is 5.75 Å². The maximum atomic E-state index is 11.8. The quantitative estimate of drug-likeness (QED) is 0.354. The van der Waals surface area contributed by atoms with Gasteiger partial charge in [0.2, 0.25) is 0 Å². The molecule has 156 valence electrons. The van der Waals surface area contributed by atoms with E-state index >= 15 is 0 Å². The van der Waals surface area contributed by atoms with Crippen molar-refractivity contribution in [3.05, 3.63) is 59.2 Å². The average Bonchev–Trinajstić information content (AvgIpc) is 2.86. The molecule has 29 heavy (non-hydrogen) atoms. The van der Waals surface area contributed by atoms with Crippen LogP contribution < -0.4 is 0 Å². The molecule has 3 nitrogen and oxygen atoms in total. The van der Waals surface area contributed by atoms with Crippen LogP contribution in [0.4, 0.5) is 0 Å². The van der Waals surface area contributed by atoms with Gasteiger partial charge in [0, 0.05) is 11.6 Å². The Morgan fingerprint density at radius 1 is 0.966 bits per heavy atom. The summed E-state index contributed by atoms with van der Waals surface area (Å²) in [7, 11) is -3.20. The van der Waals surface area contributed by atoms with Crippen LogP contribution in [-0.4, -0.2) is 25.1 Å². The van der Waals surface area contributed by atoms with Gasteiger partial charge >= 0.3 is 0 Å². The van der Waals surface area contributed by atoms with Crippen LogP contribution in [0.3, 0.4) is 0 Å². The van der Waals surface area contributed by atoms with Gasteiger partial charge in [-0.25, -0.2) is 8.42 Å². The molecule has 0 saturated heterocycles.